The molecule has 4 heteroatoms. The summed E-state index contributed by atoms with van der Waals surface area (Å²) in [5.41, 5.74) is 0.883. The van der Waals surface area contributed by atoms with Crippen molar-refractivity contribution in [3.63, 3.8) is 0 Å². The van der Waals surface area contributed by atoms with Crippen molar-refractivity contribution in [1.82, 2.24) is 5.32 Å². The Hall–Kier alpha value is -0.870. The van der Waals surface area contributed by atoms with Gasteiger partial charge >= 0.3 is 5.97 Å². The lowest BCUT2D eigenvalue weighted by Gasteiger charge is -2.29. The smallest absolute Gasteiger partial charge is 0.311 e. The van der Waals surface area contributed by atoms with Crippen LogP contribution in [0.3, 0.4) is 0 Å². The highest BCUT2D eigenvalue weighted by Crippen LogP contribution is 2.33. The van der Waals surface area contributed by atoms with E-state index >= 15 is 0 Å². The van der Waals surface area contributed by atoms with Crippen molar-refractivity contribution in [2.75, 3.05) is 13.1 Å². The van der Waals surface area contributed by atoms with Gasteiger partial charge < -0.3 is 10.4 Å². The minimum absolute atomic E-state index is 0.181. The quantitative estimate of drug-likeness (QED) is 0.902. The number of rotatable bonds is 3. The minimum atomic E-state index is -0.731. The summed E-state index contributed by atoms with van der Waals surface area (Å²) in [6.45, 7) is 1.79. The SMILES string of the molecule is O=C(O)C(c1ccccc1Br)C1CCCNC1. The molecule has 1 aliphatic heterocycles. The van der Waals surface area contributed by atoms with E-state index in [0.717, 1.165) is 36.0 Å². The largest absolute Gasteiger partial charge is 0.481 e. The van der Waals surface area contributed by atoms with E-state index in [1.807, 2.05) is 24.3 Å². The molecule has 0 radical (unpaired) electrons. The second-order valence-electron chi connectivity index (χ2n) is 4.44. The number of nitrogens with one attached hydrogen (secondary N) is 1. The van der Waals surface area contributed by atoms with Gasteiger partial charge in [0.2, 0.25) is 0 Å². The molecule has 1 heterocycles. The molecule has 92 valence electrons. The average molecular weight is 298 g/mol. The van der Waals surface area contributed by atoms with E-state index in [2.05, 4.69) is 21.2 Å². The first-order chi connectivity index (χ1) is 8.20. The number of halogens is 1. The molecule has 1 aromatic rings. The van der Waals surface area contributed by atoms with Gasteiger partial charge in [-0.3, -0.25) is 4.79 Å². The van der Waals surface area contributed by atoms with Gasteiger partial charge in [-0.2, -0.15) is 0 Å². The van der Waals surface area contributed by atoms with Crippen LogP contribution >= 0.6 is 15.9 Å². The summed E-state index contributed by atoms with van der Waals surface area (Å²) >= 11 is 3.45. The third-order valence-corrected chi connectivity index (χ3v) is 4.03. The zero-order chi connectivity index (χ0) is 12.3. The van der Waals surface area contributed by atoms with Crippen LogP contribution in [0.15, 0.2) is 28.7 Å². The number of carbonyl (C=O) groups is 1. The van der Waals surface area contributed by atoms with Gasteiger partial charge in [0.05, 0.1) is 5.92 Å². The van der Waals surface area contributed by atoms with Gasteiger partial charge in [-0.05, 0) is 43.5 Å². The van der Waals surface area contributed by atoms with E-state index in [0.29, 0.717) is 0 Å². The number of carboxylic acids is 1. The molecule has 1 aromatic carbocycles. The Morgan fingerprint density at radius 3 is 2.82 bits per heavy atom. The lowest BCUT2D eigenvalue weighted by Crippen LogP contribution is -2.36. The first kappa shape index (κ1) is 12.6. The van der Waals surface area contributed by atoms with Crippen molar-refractivity contribution in [3.05, 3.63) is 34.3 Å². The predicted molar refractivity (Wildman–Crippen MR) is 70.1 cm³/mol. The molecule has 1 aliphatic rings. The Kier molecular flexibility index (Phi) is 4.18. The van der Waals surface area contributed by atoms with E-state index in [-0.39, 0.29) is 5.92 Å². The highest BCUT2D eigenvalue weighted by Gasteiger charge is 2.31. The Morgan fingerprint density at radius 2 is 2.24 bits per heavy atom. The number of aliphatic carboxylic acids is 1. The molecule has 3 nitrogen and oxygen atoms in total. The summed E-state index contributed by atoms with van der Waals surface area (Å²) < 4.78 is 0.887. The maximum Gasteiger partial charge on any atom is 0.311 e. The molecule has 0 bridgehead atoms. The third kappa shape index (κ3) is 2.87. The molecule has 2 unspecified atom stereocenters. The molecular weight excluding hydrogens is 282 g/mol. The van der Waals surface area contributed by atoms with Gasteiger partial charge in [-0.1, -0.05) is 34.1 Å². The molecule has 0 saturated carbocycles. The number of hydrogen-bond acceptors (Lipinski definition) is 2. The van der Waals surface area contributed by atoms with E-state index < -0.39 is 11.9 Å². The Morgan fingerprint density at radius 1 is 1.47 bits per heavy atom. The molecule has 0 spiro atoms. The summed E-state index contributed by atoms with van der Waals surface area (Å²) in [6, 6.07) is 7.61. The summed E-state index contributed by atoms with van der Waals surface area (Å²) in [7, 11) is 0. The molecule has 1 fully saturated rings. The van der Waals surface area contributed by atoms with Crippen molar-refractivity contribution in [2.45, 2.75) is 18.8 Å². The second kappa shape index (κ2) is 5.65. The minimum Gasteiger partial charge on any atom is -0.481 e. The summed E-state index contributed by atoms with van der Waals surface area (Å²) in [4.78, 5) is 11.5. The number of hydrogen-bond donors (Lipinski definition) is 2. The fourth-order valence-corrected chi connectivity index (χ4v) is 3.01. The van der Waals surface area contributed by atoms with Crippen LogP contribution in [-0.4, -0.2) is 24.2 Å². The number of benzene rings is 1. The van der Waals surface area contributed by atoms with E-state index in [9.17, 15) is 9.90 Å². The highest BCUT2D eigenvalue weighted by atomic mass is 79.9. The van der Waals surface area contributed by atoms with Crippen molar-refractivity contribution in [1.29, 1.82) is 0 Å². The van der Waals surface area contributed by atoms with E-state index in [1.54, 1.807) is 0 Å². The van der Waals surface area contributed by atoms with Gasteiger partial charge in [0.15, 0.2) is 0 Å². The van der Waals surface area contributed by atoms with Gasteiger partial charge in [0.1, 0.15) is 0 Å². The second-order valence-corrected chi connectivity index (χ2v) is 5.30. The van der Waals surface area contributed by atoms with Crippen LogP contribution in [-0.2, 0) is 4.79 Å². The van der Waals surface area contributed by atoms with Crippen LogP contribution in [0.2, 0.25) is 0 Å². The first-order valence-electron chi connectivity index (χ1n) is 5.88. The Bertz CT molecular complexity index is 402. The summed E-state index contributed by atoms with van der Waals surface area (Å²) in [5.74, 6) is -0.969. The molecule has 17 heavy (non-hydrogen) atoms. The fraction of sp³-hybridized carbons (Fsp3) is 0.462. The zero-order valence-corrected chi connectivity index (χ0v) is 11.1. The lowest BCUT2D eigenvalue weighted by atomic mass is 9.81. The fourth-order valence-electron chi connectivity index (χ4n) is 2.48. The maximum absolute atomic E-state index is 11.5. The van der Waals surface area contributed by atoms with Crippen LogP contribution in [0.25, 0.3) is 0 Å². The van der Waals surface area contributed by atoms with Crippen LogP contribution in [0.4, 0.5) is 0 Å². The normalized spacial score (nSPS) is 22.1. The van der Waals surface area contributed by atoms with Crippen molar-refractivity contribution in [3.8, 4) is 0 Å². The number of carboxylic acid groups (broad SMARTS) is 1. The number of piperidine rings is 1. The third-order valence-electron chi connectivity index (χ3n) is 3.31. The van der Waals surface area contributed by atoms with Gasteiger partial charge in [-0.15, -0.1) is 0 Å². The molecule has 2 rings (SSSR count). The van der Waals surface area contributed by atoms with E-state index in [4.69, 9.17) is 0 Å². The van der Waals surface area contributed by atoms with Crippen LogP contribution in [0.5, 0.6) is 0 Å². The van der Waals surface area contributed by atoms with Crippen LogP contribution in [0, 0.1) is 5.92 Å². The van der Waals surface area contributed by atoms with E-state index in [1.165, 1.54) is 0 Å². The van der Waals surface area contributed by atoms with Crippen LogP contribution < -0.4 is 5.32 Å². The van der Waals surface area contributed by atoms with Crippen molar-refractivity contribution < 1.29 is 9.90 Å². The van der Waals surface area contributed by atoms with Gasteiger partial charge in [0.25, 0.3) is 0 Å². The van der Waals surface area contributed by atoms with Crippen LogP contribution in [0.1, 0.15) is 24.3 Å². The zero-order valence-electron chi connectivity index (χ0n) is 9.53. The molecule has 0 amide bonds. The molecule has 1 saturated heterocycles. The van der Waals surface area contributed by atoms with Gasteiger partial charge in [0, 0.05) is 4.47 Å². The highest BCUT2D eigenvalue weighted by molar-refractivity contribution is 9.10. The first-order valence-corrected chi connectivity index (χ1v) is 6.67. The molecule has 2 N–H and O–H groups in total. The topological polar surface area (TPSA) is 49.3 Å². The molecular formula is C13H16BrNO2. The monoisotopic (exact) mass is 297 g/mol. The van der Waals surface area contributed by atoms with Crippen molar-refractivity contribution >= 4 is 21.9 Å². The predicted octanol–water partition coefficient (Wildman–Crippen LogP) is 2.62. The summed E-state index contributed by atoms with van der Waals surface area (Å²) in [6.07, 6.45) is 2.03. The summed E-state index contributed by atoms with van der Waals surface area (Å²) in [5, 5.41) is 12.7. The molecule has 2 atom stereocenters. The Balaban J connectivity index is 2.28. The molecule has 0 aromatic heterocycles. The lowest BCUT2D eigenvalue weighted by molar-refractivity contribution is -0.140. The average Bonchev–Trinajstić information content (AvgIpc) is 2.33. The standard InChI is InChI=1S/C13H16BrNO2/c14-11-6-2-1-5-10(11)12(13(16)17)9-4-3-7-15-8-9/h1-2,5-6,9,12,15H,3-4,7-8H2,(H,16,17). The Labute approximate surface area is 109 Å². The van der Waals surface area contributed by atoms with Crippen molar-refractivity contribution in [2.24, 2.45) is 5.92 Å². The van der Waals surface area contributed by atoms with Gasteiger partial charge in [-0.25, -0.2) is 0 Å². The molecule has 0 aliphatic carbocycles. The maximum atomic E-state index is 11.5.